The lowest BCUT2D eigenvalue weighted by Crippen LogP contribution is -2.27. The monoisotopic (exact) mass is 466 g/mol. The number of benzene rings is 2. The molecule has 2 aromatic carbocycles. The second-order valence-electron chi connectivity index (χ2n) is 5.21. The number of nitro groups is 1. The molecule has 2 aromatic rings. The Hall–Kier alpha value is -2.20. The Morgan fingerprint density at radius 2 is 1.80 bits per heavy atom. The van der Waals surface area contributed by atoms with Crippen molar-refractivity contribution in [3.8, 4) is 0 Å². The Morgan fingerprint density at radius 1 is 1.12 bits per heavy atom. The first kappa shape index (κ1) is 17.6. The quantitative estimate of drug-likeness (QED) is 0.288. The van der Waals surface area contributed by atoms with Crippen molar-refractivity contribution in [2.45, 2.75) is 6.54 Å². The number of para-hydroxylation sites is 1. The number of thioether (sulfide) groups is 1. The van der Waals surface area contributed by atoms with Crippen molar-refractivity contribution in [3.63, 3.8) is 0 Å². The van der Waals surface area contributed by atoms with Crippen LogP contribution in [-0.2, 0) is 11.3 Å². The van der Waals surface area contributed by atoms with Crippen LogP contribution in [0, 0.1) is 13.7 Å². The summed E-state index contributed by atoms with van der Waals surface area (Å²) in [5, 5.41) is 10.7. The van der Waals surface area contributed by atoms with E-state index in [9.17, 15) is 19.7 Å². The fraction of sp³-hybridized carbons (Fsp3) is 0.0588. The molecule has 0 bridgehead atoms. The number of hydrogen-bond acceptors (Lipinski definition) is 5. The Bertz CT molecular complexity index is 896. The van der Waals surface area contributed by atoms with Gasteiger partial charge in [-0.1, -0.05) is 24.3 Å². The van der Waals surface area contributed by atoms with Gasteiger partial charge in [0.1, 0.15) is 0 Å². The zero-order chi connectivity index (χ0) is 18.0. The van der Waals surface area contributed by atoms with Crippen molar-refractivity contribution in [2.24, 2.45) is 0 Å². The normalized spacial score (nSPS) is 15.9. The first-order valence-electron chi connectivity index (χ1n) is 7.19. The summed E-state index contributed by atoms with van der Waals surface area (Å²) >= 11 is 2.97. The van der Waals surface area contributed by atoms with Gasteiger partial charge in [0.15, 0.2) is 0 Å². The minimum Gasteiger partial charge on any atom is -0.268 e. The molecular weight excluding hydrogens is 455 g/mol. The Kier molecular flexibility index (Phi) is 5.19. The van der Waals surface area contributed by atoms with E-state index in [1.807, 2.05) is 24.3 Å². The van der Waals surface area contributed by atoms with Crippen molar-refractivity contribution < 1.29 is 14.5 Å². The molecule has 126 valence electrons. The minimum absolute atomic E-state index is 0.105. The number of carbonyl (C=O) groups excluding carboxylic acids is 2. The number of hydrogen-bond donors (Lipinski definition) is 0. The first-order chi connectivity index (χ1) is 12.0. The molecule has 0 N–H and O–H groups in total. The van der Waals surface area contributed by atoms with Gasteiger partial charge >= 0.3 is 0 Å². The largest absolute Gasteiger partial charge is 0.293 e. The maximum atomic E-state index is 12.5. The molecule has 0 atom stereocenters. The SMILES string of the molecule is O=C1S/C(=C/c2ccccc2[N+](=O)[O-])C(=O)N1Cc1ccc(I)cc1. The van der Waals surface area contributed by atoms with E-state index >= 15 is 0 Å². The van der Waals surface area contributed by atoms with E-state index in [4.69, 9.17) is 0 Å². The molecule has 1 aliphatic rings. The number of carbonyl (C=O) groups is 2. The van der Waals surface area contributed by atoms with E-state index in [2.05, 4.69) is 22.6 Å². The Morgan fingerprint density at radius 3 is 2.48 bits per heavy atom. The highest BCUT2D eigenvalue weighted by atomic mass is 127. The van der Waals surface area contributed by atoms with E-state index < -0.39 is 10.8 Å². The molecule has 1 fully saturated rings. The highest BCUT2D eigenvalue weighted by Crippen LogP contribution is 2.34. The maximum Gasteiger partial charge on any atom is 0.293 e. The summed E-state index contributed by atoms with van der Waals surface area (Å²) in [5.74, 6) is -0.438. The molecule has 0 aliphatic carbocycles. The van der Waals surface area contributed by atoms with Gasteiger partial charge in [0, 0.05) is 9.64 Å². The number of amides is 2. The minimum atomic E-state index is -0.512. The Labute approximate surface area is 161 Å². The fourth-order valence-corrected chi connectivity index (χ4v) is 3.51. The third kappa shape index (κ3) is 3.90. The second kappa shape index (κ2) is 7.36. The highest BCUT2D eigenvalue weighted by Gasteiger charge is 2.35. The number of nitrogens with zero attached hydrogens (tertiary/aromatic N) is 2. The van der Waals surface area contributed by atoms with Crippen LogP contribution < -0.4 is 0 Å². The summed E-state index contributed by atoms with van der Waals surface area (Å²) in [6.07, 6.45) is 1.40. The summed E-state index contributed by atoms with van der Waals surface area (Å²) in [7, 11) is 0. The molecule has 8 heteroatoms. The third-order valence-corrected chi connectivity index (χ3v) is 5.17. The highest BCUT2D eigenvalue weighted by molar-refractivity contribution is 14.1. The molecule has 0 radical (unpaired) electrons. The van der Waals surface area contributed by atoms with Gasteiger partial charge in [0.2, 0.25) is 0 Å². The van der Waals surface area contributed by atoms with Gasteiger partial charge in [-0.2, -0.15) is 0 Å². The van der Waals surface area contributed by atoms with Gasteiger partial charge in [0.05, 0.1) is 21.9 Å². The lowest BCUT2D eigenvalue weighted by atomic mass is 10.1. The summed E-state index contributed by atoms with van der Waals surface area (Å²) in [4.78, 5) is 36.6. The Balaban J connectivity index is 1.86. The predicted molar refractivity (Wildman–Crippen MR) is 104 cm³/mol. The molecule has 25 heavy (non-hydrogen) atoms. The number of rotatable bonds is 4. The van der Waals surface area contributed by atoms with Crippen LogP contribution in [0.5, 0.6) is 0 Å². The lowest BCUT2D eigenvalue weighted by Gasteiger charge is -2.12. The molecule has 6 nitrogen and oxygen atoms in total. The first-order valence-corrected chi connectivity index (χ1v) is 9.08. The molecule has 1 heterocycles. The van der Waals surface area contributed by atoms with Gasteiger partial charge < -0.3 is 0 Å². The average molecular weight is 466 g/mol. The molecule has 0 spiro atoms. The van der Waals surface area contributed by atoms with Crippen LogP contribution in [0.4, 0.5) is 10.5 Å². The van der Waals surface area contributed by atoms with E-state index in [1.165, 1.54) is 12.1 Å². The molecule has 0 aromatic heterocycles. The average Bonchev–Trinajstić information content (AvgIpc) is 2.84. The number of imide groups is 1. The van der Waals surface area contributed by atoms with Crippen LogP contribution in [0.3, 0.4) is 0 Å². The van der Waals surface area contributed by atoms with Crippen LogP contribution in [-0.4, -0.2) is 21.0 Å². The molecule has 2 amide bonds. The van der Waals surface area contributed by atoms with Crippen molar-refractivity contribution in [2.75, 3.05) is 0 Å². The van der Waals surface area contributed by atoms with Gasteiger partial charge in [-0.15, -0.1) is 0 Å². The van der Waals surface area contributed by atoms with E-state index in [1.54, 1.807) is 18.2 Å². The van der Waals surface area contributed by atoms with Gasteiger partial charge in [-0.25, -0.2) is 0 Å². The zero-order valence-electron chi connectivity index (χ0n) is 12.7. The van der Waals surface area contributed by atoms with Crippen LogP contribution in [0.25, 0.3) is 6.08 Å². The zero-order valence-corrected chi connectivity index (χ0v) is 15.7. The predicted octanol–water partition coefficient (Wildman–Crippen LogP) is 4.44. The fourth-order valence-electron chi connectivity index (χ4n) is 2.33. The molecule has 1 aliphatic heterocycles. The summed E-state index contributed by atoms with van der Waals surface area (Å²) in [5.41, 5.74) is 1.04. The van der Waals surface area contributed by atoms with Crippen LogP contribution in [0.15, 0.2) is 53.4 Å². The molecular formula is C17H11IN2O4S. The van der Waals surface area contributed by atoms with E-state index in [0.29, 0.717) is 5.56 Å². The van der Waals surface area contributed by atoms with E-state index in [0.717, 1.165) is 25.8 Å². The topological polar surface area (TPSA) is 80.5 Å². The van der Waals surface area contributed by atoms with Gasteiger partial charge in [-0.3, -0.25) is 24.6 Å². The number of nitro benzene ring substituents is 1. The van der Waals surface area contributed by atoms with Gasteiger partial charge in [-0.05, 0) is 64.2 Å². The van der Waals surface area contributed by atoms with E-state index in [-0.39, 0.29) is 22.4 Å². The van der Waals surface area contributed by atoms with Crippen molar-refractivity contribution in [1.29, 1.82) is 0 Å². The van der Waals surface area contributed by atoms with Crippen LogP contribution in [0.1, 0.15) is 11.1 Å². The standard InChI is InChI=1S/C17H11IN2O4S/c18-13-7-5-11(6-8-13)10-19-16(21)15(25-17(19)22)9-12-3-1-2-4-14(12)20(23)24/h1-9H,10H2/b15-9+. The number of halogens is 1. The van der Waals surface area contributed by atoms with Crippen molar-refractivity contribution in [1.82, 2.24) is 4.90 Å². The van der Waals surface area contributed by atoms with Gasteiger partial charge in [0.25, 0.3) is 16.8 Å². The lowest BCUT2D eigenvalue weighted by molar-refractivity contribution is -0.385. The summed E-state index contributed by atoms with van der Waals surface area (Å²) in [6.45, 7) is 0.176. The third-order valence-electron chi connectivity index (χ3n) is 3.55. The maximum absolute atomic E-state index is 12.5. The summed E-state index contributed by atoms with van der Waals surface area (Å²) in [6, 6.07) is 13.6. The molecule has 0 saturated carbocycles. The molecule has 1 saturated heterocycles. The van der Waals surface area contributed by atoms with Crippen molar-refractivity contribution >= 4 is 57.3 Å². The summed E-state index contributed by atoms with van der Waals surface area (Å²) < 4.78 is 1.06. The molecule has 3 rings (SSSR count). The second-order valence-corrected chi connectivity index (χ2v) is 7.45. The van der Waals surface area contributed by atoms with Crippen molar-refractivity contribution in [3.05, 3.63) is 78.2 Å². The smallest absolute Gasteiger partial charge is 0.268 e. The molecule has 0 unspecified atom stereocenters. The van der Waals surface area contributed by atoms with Crippen LogP contribution >= 0.6 is 34.4 Å². The van der Waals surface area contributed by atoms with Crippen LogP contribution in [0.2, 0.25) is 0 Å².